The van der Waals surface area contributed by atoms with Gasteiger partial charge in [-0.25, -0.2) is 9.69 Å². The fourth-order valence-electron chi connectivity index (χ4n) is 2.88. The maximum Gasteiger partial charge on any atom is 0.344 e. The molecule has 1 heterocycles. The molecule has 7 heteroatoms. The average Bonchev–Trinajstić information content (AvgIpc) is 3.02. The summed E-state index contributed by atoms with van der Waals surface area (Å²) in [7, 11) is 0. The van der Waals surface area contributed by atoms with Gasteiger partial charge >= 0.3 is 5.97 Å². The van der Waals surface area contributed by atoms with Crippen molar-refractivity contribution in [3.05, 3.63) is 98.5 Å². The molecule has 0 unspecified atom stereocenters. The second-order valence-corrected chi connectivity index (χ2v) is 8.45. The first-order valence-corrected chi connectivity index (χ1v) is 10.8. The molecule has 0 aromatic heterocycles. The molecule has 1 aliphatic rings. The van der Waals surface area contributed by atoms with Crippen LogP contribution in [0.3, 0.4) is 0 Å². The molecule has 0 radical (unpaired) electrons. The number of anilines is 1. The van der Waals surface area contributed by atoms with E-state index < -0.39 is 5.97 Å². The zero-order valence-electron chi connectivity index (χ0n) is 15.4. The van der Waals surface area contributed by atoms with Gasteiger partial charge in [-0.1, -0.05) is 42.5 Å². The second kappa shape index (κ2) is 8.85. The number of benzene rings is 3. The predicted molar refractivity (Wildman–Crippen MR) is 125 cm³/mol. The van der Waals surface area contributed by atoms with Gasteiger partial charge in [-0.3, -0.25) is 9.59 Å². The van der Waals surface area contributed by atoms with E-state index in [0.29, 0.717) is 27.5 Å². The molecule has 4 rings (SSSR count). The maximum atomic E-state index is 12.7. The number of thioether (sulfide) groups is 1. The van der Waals surface area contributed by atoms with Crippen molar-refractivity contribution in [2.24, 2.45) is 0 Å². The summed E-state index contributed by atoms with van der Waals surface area (Å²) in [6.07, 6.45) is 1.62. The SMILES string of the molecule is O=C(Oc1cccc(/C=C2\SC(=O)N(c3ccccc3)C2=O)c1)c1ccccc1I. The standard InChI is InChI=1S/C23H14INO4S/c24-19-12-5-4-11-18(19)22(27)29-17-10-6-7-15(13-17)14-20-21(26)25(23(28)30-20)16-8-2-1-3-9-16/h1-14H/b20-14-. The van der Waals surface area contributed by atoms with Crippen LogP contribution in [0.25, 0.3) is 6.08 Å². The third-order valence-electron chi connectivity index (χ3n) is 4.27. The summed E-state index contributed by atoms with van der Waals surface area (Å²) >= 11 is 2.96. The second-order valence-electron chi connectivity index (χ2n) is 6.29. The lowest BCUT2D eigenvalue weighted by Crippen LogP contribution is -2.27. The van der Waals surface area contributed by atoms with Gasteiger partial charge in [0.15, 0.2) is 0 Å². The minimum absolute atomic E-state index is 0.310. The van der Waals surface area contributed by atoms with Crippen LogP contribution in [0.15, 0.2) is 83.8 Å². The van der Waals surface area contributed by atoms with Gasteiger partial charge < -0.3 is 4.74 Å². The van der Waals surface area contributed by atoms with Crippen molar-refractivity contribution < 1.29 is 19.1 Å². The third kappa shape index (κ3) is 4.31. The largest absolute Gasteiger partial charge is 0.423 e. The minimum Gasteiger partial charge on any atom is -0.423 e. The fourth-order valence-corrected chi connectivity index (χ4v) is 4.32. The molecule has 1 saturated heterocycles. The smallest absolute Gasteiger partial charge is 0.344 e. The number of nitrogens with zero attached hydrogens (tertiary/aromatic N) is 1. The van der Waals surface area contributed by atoms with E-state index in [9.17, 15) is 14.4 Å². The van der Waals surface area contributed by atoms with Gasteiger partial charge in [0.05, 0.1) is 16.2 Å². The molecular formula is C23H14INO4S. The van der Waals surface area contributed by atoms with Gasteiger partial charge in [0.1, 0.15) is 5.75 Å². The molecule has 1 fully saturated rings. The Morgan fingerprint density at radius 2 is 1.67 bits per heavy atom. The first-order valence-electron chi connectivity index (χ1n) is 8.93. The number of amides is 2. The highest BCUT2D eigenvalue weighted by Crippen LogP contribution is 2.35. The number of imide groups is 1. The zero-order chi connectivity index (χ0) is 21.1. The van der Waals surface area contributed by atoms with Crippen LogP contribution in [0.5, 0.6) is 5.75 Å². The summed E-state index contributed by atoms with van der Waals surface area (Å²) < 4.78 is 6.28. The van der Waals surface area contributed by atoms with Crippen LogP contribution in [0.1, 0.15) is 15.9 Å². The van der Waals surface area contributed by atoms with Crippen LogP contribution in [0, 0.1) is 3.57 Å². The van der Waals surface area contributed by atoms with Crippen molar-refractivity contribution in [2.75, 3.05) is 4.90 Å². The van der Waals surface area contributed by atoms with Crippen molar-refractivity contribution in [3.8, 4) is 5.75 Å². The number of ether oxygens (including phenoxy) is 1. The molecule has 5 nitrogen and oxygen atoms in total. The fraction of sp³-hybridized carbons (Fsp3) is 0. The lowest BCUT2D eigenvalue weighted by Gasteiger charge is -2.11. The average molecular weight is 527 g/mol. The number of carbonyl (C=O) groups excluding carboxylic acids is 3. The number of halogens is 1. The van der Waals surface area contributed by atoms with Crippen molar-refractivity contribution in [1.82, 2.24) is 0 Å². The molecule has 0 spiro atoms. The molecule has 30 heavy (non-hydrogen) atoms. The van der Waals surface area contributed by atoms with Crippen LogP contribution in [0.4, 0.5) is 10.5 Å². The number of rotatable bonds is 4. The summed E-state index contributed by atoms with van der Waals surface area (Å²) in [5.74, 6) is -0.477. The van der Waals surface area contributed by atoms with Gasteiger partial charge in [0, 0.05) is 3.57 Å². The Kier molecular flexibility index (Phi) is 6.01. The summed E-state index contributed by atoms with van der Waals surface area (Å²) in [6.45, 7) is 0. The molecule has 1 aliphatic heterocycles. The van der Waals surface area contributed by atoms with E-state index in [4.69, 9.17) is 4.74 Å². The normalized spacial score (nSPS) is 15.0. The Morgan fingerprint density at radius 1 is 0.933 bits per heavy atom. The van der Waals surface area contributed by atoms with E-state index in [2.05, 4.69) is 22.6 Å². The van der Waals surface area contributed by atoms with E-state index in [1.54, 1.807) is 66.7 Å². The van der Waals surface area contributed by atoms with Crippen LogP contribution in [-0.4, -0.2) is 17.1 Å². The number of hydrogen-bond acceptors (Lipinski definition) is 5. The van der Waals surface area contributed by atoms with E-state index >= 15 is 0 Å². The first kappa shape index (κ1) is 20.4. The van der Waals surface area contributed by atoms with Gasteiger partial charge in [-0.05, 0) is 82.4 Å². The van der Waals surface area contributed by atoms with E-state index in [1.807, 2.05) is 18.2 Å². The maximum absolute atomic E-state index is 12.7. The molecule has 3 aromatic carbocycles. The summed E-state index contributed by atoms with van der Waals surface area (Å²) in [6, 6.07) is 22.8. The molecule has 2 amide bonds. The quantitative estimate of drug-likeness (QED) is 0.187. The van der Waals surface area contributed by atoms with Crippen LogP contribution >= 0.6 is 34.4 Å². The Hall–Kier alpha value is -2.91. The van der Waals surface area contributed by atoms with Crippen LogP contribution in [0.2, 0.25) is 0 Å². The predicted octanol–water partition coefficient (Wildman–Crippen LogP) is 5.75. The summed E-state index contributed by atoms with van der Waals surface area (Å²) in [5.41, 5.74) is 1.66. The van der Waals surface area contributed by atoms with Crippen molar-refractivity contribution in [3.63, 3.8) is 0 Å². The number of hydrogen-bond donors (Lipinski definition) is 0. The Labute approximate surface area is 190 Å². The number of carbonyl (C=O) groups is 3. The van der Waals surface area contributed by atoms with Gasteiger partial charge in [0.2, 0.25) is 0 Å². The summed E-state index contributed by atoms with van der Waals surface area (Å²) in [5, 5.41) is -0.348. The lowest BCUT2D eigenvalue weighted by atomic mass is 10.2. The molecule has 0 saturated carbocycles. The summed E-state index contributed by atoms with van der Waals surface area (Å²) in [4.78, 5) is 39.0. The highest BCUT2D eigenvalue weighted by Gasteiger charge is 2.36. The van der Waals surface area contributed by atoms with Crippen LogP contribution in [-0.2, 0) is 4.79 Å². The zero-order valence-corrected chi connectivity index (χ0v) is 18.4. The molecule has 148 valence electrons. The first-order chi connectivity index (χ1) is 14.5. The Balaban J connectivity index is 1.55. The lowest BCUT2D eigenvalue weighted by molar-refractivity contribution is -0.113. The molecular weight excluding hydrogens is 513 g/mol. The number of para-hydroxylation sites is 1. The Bertz CT molecular complexity index is 1180. The topological polar surface area (TPSA) is 63.7 Å². The monoisotopic (exact) mass is 527 g/mol. The van der Waals surface area contributed by atoms with E-state index in [0.717, 1.165) is 20.2 Å². The molecule has 0 bridgehead atoms. The highest BCUT2D eigenvalue weighted by molar-refractivity contribution is 14.1. The third-order valence-corrected chi connectivity index (χ3v) is 6.08. The highest BCUT2D eigenvalue weighted by atomic mass is 127. The molecule has 0 N–H and O–H groups in total. The van der Waals surface area contributed by atoms with E-state index in [-0.39, 0.29) is 11.1 Å². The van der Waals surface area contributed by atoms with Gasteiger partial charge in [0.25, 0.3) is 11.1 Å². The molecule has 3 aromatic rings. The number of esters is 1. The van der Waals surface area contributed by atoms with Crippen molar-refractivity contribution in [1.29, 1.82) is 0 Å². The molecule has 0 aliphatic carbocycles. The van der Waals surface area contributed by atoms with Gasteiger partial charge in [-0.2, -0.15) is 0 Å². The molecule has 0 atom stereocenters. The van der Waals surface area contributed by atoms with Gasteiger partial charge in [-0.15, -0.1) is 0 Å². The van der Waals surface area contributed by atoms with Crippen molar-refractivity contribution >= 4 is 63.2 Å². The van der Waals surface area contributed by atoms with Crippen molar-refractivity contribution in [2.45, 2.75) is 0 Å². The minimum atomic E-state index is -0.457. The Morgan fingerprint density at radius 3 is 2.43 bits per heavy atom. The van der Waals surface area contributed by atoms with E-state index in [1.165, 1.54) is 0 Å². The van der Waals surface area contributed by atoms with Crippen LogP contribution < -0.4 is 9.64 Å².